The third kappa shape index (κ3) is 1.20. The molecule has 0 aromatic carbocycles. The molecule has 1 aliphatic heterocycles. The van der Waals surface area contributed by atoms with Gasteiger partial charge in [0.25, 0.3) is 0 Å². The first-order valence-corrected chi connectivity index (χ1v) is 4.51. The van der Waals surface area contributed by atoms with Gasteiger partial charge in [-0.25, -0.2) is 0 Å². The molecule has 1 heteroatoms. The maximum atomic E-state index is 5.51. The molecule has 0 saturated carbocycles. The van der Waals surface area contributed by atoms with Crippen LogP contribution in [0.5, 0.6) is 0 Å². The van der Waals surface area contributed by atoms with Crippen molar-refractivity contribution in [1.29, 1.82) is 0 Å². The van der Waals surface area contributed by atoms with Gasteiger partial charge in [0.1, 0.15) is 12.4 Å². The van der Waals surface area contributed by atoms with E-state index < -0.39 is 0 Å². The zero-order chi connectivity index (χ0) is 8.55. The molecule has 0 aromatic heterocycles. The molecule has 0 radical (unpaired) electrons. The Balaban J connectivity index is 2.33. The van der Waals surface area contributed by atoms with E-state index in [-0.39, 0.29) is 0 Å². The zero-order valence-corrected chi connectivity index (χ0v) is 7.58. The lowest BCUT2D eigenvalue weighted by Crippen LogP contribution is -2.13. The zero-order valence-electron chi connectivity index (χ0n) is 7.58. The number of allylic oxidation sites excluding steroid dienone is 3. The minimum Gasteiger partial charge on any atom is -0.489 e. The molecule has 0 spiro atoms. The Morgan fingerprint density at radius 1 is 1.25 bits per heavy atom. The highest BCUT2D eigenvalue weighted by atomic mass is 16.5. The van der Waals surface area contributed by atoms with Gasteiger partial charge in [0.2, 0.25) is 0 Å². The molecule has 2 unspecified atom stereocenters. The van der Waals surface area contributed by atoms with Crippen LogP contribution in [-0.4, -0.2) is 6.61 Å². The highest BCUT2D eigenvalue weighted by Gasteiger charge is 2.19. The van der Waals surface area contributed by atoms with Crippen molar-refractivity contribution in [2.45, 2.75) is 13.8 Å². The van der Waals surface area contributed by atoms with Crippen molar-refractivity contribution in [1.82, 2.24) is 0 Å². The van der Waals surface area contributed by atoms with Crippen molar-refractivity contribution in [3.05, 3.63) is 35.6 Å². The van der Waals surface area contributed by atoms with E-state index in [0.717, 1.165) is 12.4 Å². The Labute approximate surface area is 73.4 Å². The molecule has 2 rings (SSSR count). The van der Waals surface area contributed by atoms with Crippen LogP contribution in [0.4, 0.5) is 0 Å². The van der Waals surface area contributed by atoms with Gasteiger partial charge in [0, 0.05) is 5.57 Å². The lowest BCUT2D eigenvalue weighted by atomic mass is 9.87. The summed E-state index contributed by atoms with van der Waals surface area (Å²) in [5, 5.41) is 0. The first kappa shape index (κ1) is 7.66. The van der Waals surface area contributed by atoms with Gasteiger partial charge >= 0.3 is 0 Å². The monoisotopic (exact) mass is 162 g/mol. The quantitative estimate of drug-likeness (QED) is 0.532. The van der Waals surface area contributed by atoms with Crippen LogP contribution in [0.15, 0.2) is 35.6 Å². The third-order valence-electron chi connectivity index (χ3n) is 2.60. The van der Waals surface area contributed by atoms with Crippen molar-refractivity contribution < 1.29 is 4.74 Å². The summed E-state index contributed by atoms with van der Waals surface area (Å²) in [5.74, 6) is 2.31. The molecule has 2 atom stereocenters. The number of hydrogen-bond acceptors (Lipinski definition) is 1. The SMILES string of the molecule is CC1C=C2C=CCOC2=CC1C. The number of ether oxygens (including phenoxy) is 1. The first-order chi connectivity index (χ1) is 5.77. The highest BCUT2D eigenvalue weighted by Crippen LogP contribution is 2.30. The standard InChI is InChI=1S/C11H14O/c1-8-6-10-4-3-5-12-11(10)7-9(8)2/h3-4,6-9H,5H2,1-2H3. The normalized spacial score (nSPS) is 33.2. The van der Waals surface area contributed by atoms with Crippen molar-refractivity contribution >= 4 is 0 Å². The van der Waals surface area contributed by atoms with E-state index in [1.165, 1.54) is 5.57 Å². The Bertz CT molecular complexity index is 271. The van der Waals surface area contributed by atoms with Gasteiger partial charge in [-0.3, -0.25) is 0 Å². The fourth-order valence-corrected chi connectivity index (χ4v) is 1.59. The Morgan fingerprint density at radius 2 is 2.00 bits per heavy atom. The van der Waals surface area contributed by atoms with Crippen LogP contribution in [-0.2, 0) is 4.74 Å². The van der Waals surface area contributed by atoms with Crippen LogP contribution in [0.25, 0.3) is 0 Å². The molecule has 0 aromatic rings. The molecule has 1 aliphatic carbocycles. The minimum absolute atomic E-state index is 0.607. The van der Waals surface area contributed by atoms with Crippen molar-refractivity contribution in [2.24, 2.45) is 11.8 Å². The predicted octanol–water partition coefficient (Wildman–Crippen LogP) is 2.67. The fraction of sp³-hybridized carbons (Fsp3) is 0.455. The van der Waals surface area contributed by atoms with E-state index in [4.69, 9.17) is 4.74 Å². The lowest BCUT2D eigenvalue weighted by molar-refractivity contribution is 0.243. The van der Waals surface area contributed by atoms with E-state index in [1.807, 2.05) is 0 Å². The summed E-state index contributed by atoms with van der Waals surface area (Å²) >= 11 is 0. The summed E-state index contributed by atoms with van der Waals surface area (Å²) in [7, 11) is 0. The number of fused-ring (bicyclic) bond motifs is 1. The molecule has 0 fully saturated rings. The van der Waals surface area contributed by atoms with Gasteiger partial charge < -0.3 is 4.74 Å². The summed E-state index contributed by atoms with van der Waals surface area (Å²) < 4.78 is 5.51. The maximum absolute atomic E-state index is 5.51. The van der Waals surface area contributed by atoms with Gasteiger partial charge in [0.15, 0.2) is 0 Å². The molecule has 0 saturated heterocycles. The Morgan fingerprint density at radius 3 is 2.83 bits per heavy atom. The molecule has 0 N–H and O–H groups in total. The first-order valence-electron chi connectivity index (χ1n) is 4.51. The smallest absolute Gasteiger partial charge is 0.122 e. The molecular weight excluding hydrogens is 148 g/mol. The molecular formula is C11H14O. The molecule has 0 bridgehead atoms. The highest BCUT2D eigenvalue weighted by molar-refractivity contribution is 5.41. The van der Waals surface area contributed by atoms with Gasteiger partial charge in [-0.15, -0.1) is 0 Å². The molecule has 1 nitrogen and oxygen atoms in total. The minimum atomic E-state index is 0.607. The maximum Gasteiger partial charge on any atom is 0.122 e. The van der Waals surface area contributed by atoms with Gasteiger partial charge in [0.05, 0.1) is 0 Å². The van der Waals surface area contributed by atoms with Crippen LogP contribution < -0.4 is 0 Å². The van der Waals surface area contributed by atoms with Gasteiger partial charge in [-0.1, -0.05) is 26.0 Å². The van der Waals surface area contributed by atoms with Gasteiger partial charge in [-0.05, 0) is 24.0 Å². The molecule has 0 amide bonds. The summed E-state index contributed by atoms with van der Waals surface area (Å²) in [5.41, 5.74) is 1.26. The van der Waals surface area contributed by atoms with E-state index in [2.05, 4.69) is 38.2 Å². The van der Waals surface area contributed by atoms with Crippen LogP contribution in [0.3, 0.4) is 0 Å². The van der Waals surface area contributed by atoms with Crippen LogP contribution in [0.2, 0.25) is 0 Å². The second-order valence-electron chi connectivity index (χ2n) is 3.58. The predicted molar refractivity (Wildman–Crippen MR) is 49.6 cm³/mol. The van der Waals surface area contributed by atoms with E-state index in [0.29, 0.717) is 11.8 Å². The van der Waals surface area contributed by atoms with Crippen LogP contribution >= 0.6 is 0 Å². The second-order valence-corrected chi connectivity index (χ2v) is 3.58. The van der Waals surface area contributed by atoms with E-state index in [9.17, 15) is 0 Å². The third-order valence-corrected chi connectivity index (χ3v) is 2.60. The second kappa shape index (κ2) is 2.81. The Hall–Kier alpha value is -0.980. The molecule has 2 aliphatic rings. The van der Waals surface area contributed by atoms with E-state index in [1.54, 1.807) is 0 Å². The average Bonchev–Trinajstić information content (AvgIpc) is 2.07. The summed E-state index contributed by atoms with van der Waals surface area (Å²) in [6.45, 7) is 5.20. The van der Waals surface area contributed by atoms with E-state index >= 15 is 0 Å². The fourth-order valence-electron chi connectivity index (χ4n) is 1.59. The van der Waals surface area contributed by atoms with Gasteiger partial charge in [-0.2, -0.15) is 0 Å². The van der Waals surface area contributed by atoms with Crippen LogP contribution in [0.1, 0.15) is 13.8 Å². The molecule has 12 heavy (non-hydrogen) atoms. The number of hydrogen-bond donors (Lipinski definition) is 0. The topological polar surface area (TPSA) is 9.23 Å². The summed E-state index contributed by atoms with van der Waals surface area (Å²) in [6, 6.07) is 0. The Kier molecular flexibility index (Phi) is 1.80. The lowest BCUT2D eigenvalue weighted by Gasteiger charge is -2.24. The van der Waals surface area contributed by atoms with Crippen molar-refractivity contribution in [2.75, 3.05) is 6.61 Å². The average molecular weight is 162 g/mol. The molecule has 1 heterocycles. The molecule has 64 valence electrons. The van der Waals surface area contributed by atoms with Crippen molar-refractivity contribution in [3.8, 4) is 0 Å². The van der Waals surface area contributed by atoms with Crippen LogP contribution in [0, 0.1) is 11.8 Å². The number of rotatable bonds is 0. The summed E-state index contributed by atoms with van der Waals surface area (Å²) in [4.78, 5) is 0. The van der Waals surface area contributed by atoms with Crippen molar-refractivity contribution in [3.63, 3.8) is 0 Å². The largest absolute Gasteiger partial charge is 0.489 e. The summed E-state index contributed by atoms with van der Waals surface area (Å²) in [6.07, 6.45) is 8.72.